The first-order chi connectivity index (χ1) is 8.22. The molecule has 2 heterocycles. The summed E-state index contributed by atoms with van der Waals surface area (Å²) in [4.78, 5) is 6.86. The molecule has 0 aliphatic rings. The van der Waals surface area contributed by atoms with Crippen molar-refractivity contribution in [2.24, 2.45) is 0 Å². The largest absolute Gasteiger partial charge is 0.353 e. The molecule has 0 spiro atoms. The fraction of sp³-hybridized carbons (Fsp3) is 0. The van der Waals surface area contributed by atoms with Crippen LogP contribution in [-0.4, -0.2) is 9.97 Å². The maximum Gasteiger partial charge on any atom is 0.213 e. The van der Waals surface area contributed by atoms with Gasteiger partial charge in [0, 0.05) is 20.7 Å². The van der Waals surface area contributed by atoms with E-state index < -0.39 is 5.95 Å². The number of aromatic amines is 1. The maximum atomic E-state index is 13.0. The molecule has 0 unspecified atom stereocenters. The molecular weight excluding hydrogens is 330 g/mol. The number of hydrogen-bond acceptors (Lipinski definition) is 1. The number of halogens is 2. The Morgan fingerprint density at radius 2 is 1.88 bits per heavy atom. The van der Waals surface area contributed by atoms with Gasteiger partial charge in [0.15, 0.2) is 0 Å². The average Bonchev–Trinajstić information content (AvgIpc) is 2.72. The second kappa shape index (κ2) is 4.10. The molecule has 0 radical (unpaired) electrons. The molecule has 0 aliphatic heterocycles. The van der Waals surface area contributed by atoms with Crippen molar-refractivity contribution in [1.29, 1.82) is 0 Å². The number of H-pyrrole nitrogens is 1. The summed E-state index contributed by atoms with van der Waals surface area (Å²) in [5.41, 5.74) is 2.91. The van der Waals surface area contributed by atoms with Gasteiger partial charge in [-0.05, 0) is 46.4 Å². The molecule has 0 saturated heterocycles. The number of pyridine rings is 1. The van der Waals surface area contributed by atoms with E-state index in [0.29, 0.717) is 0 Å². The van der Waals surface area contributed by atoms with Crippen molar-refractivity contribution >= 4 is 33.5 Å². The summed E-state index contributed by atoms with van der Waals surface area (Å²) < 4.78 is 14.2. The molecule has 2 aromatic heterocycles. The summed E-state index contributed by atoms with van der Waals surface area (Å²) in [6, 6.07) is 11.5. The van der Waals surface area contributed by atoms with E-state index >= 15 is 0 Å². The second-order valence-corrected chi connectivity index (χ2v) is 5.03. The summed E-state index contributed by atoms with van der Waals surface area (Å²) in [5.74, 6) is -0.453. The zero-order chi connectivity index (χ0) is 11.8. The molecule has 17 heavy (non-hydrogen) atoms. The molecule has 1 aromatic carbocycles. The lowest BCUT2D eigenvalue weighted by atomic mass is 10.1. The van der Waals surface area contributed by atoms with Crippen LogP contribution in [0.2, 0.25) is 0 Å². The van der Waals surface area contributed by atoms with Gasteiger partial charge in [-0.15, -0.1) is 0 Å². The highest BCUT2D eigenvalue weighted by Gasteiger charge is 2.04. The molecule has 3 aromatic rings. The molecule has 0 atom stereocenters. The van der Waals surface area contributed by atoms with Crippen molar-refractivity contribution in [1.82, 2.24) is 9.97 Å². The Balaban J connectivity index is 2.14. The van der Waals surface area contributed by atoms with E-state index in [2.05, 4.69) is 32.6 Å². The molecule has 2 nitrogen and oxygen atoms in total. The predicted octanol–water partition coefficient (Wildman–Crippen LogP) is 3.97. The molecule has 0 saturated carbocycles. The van der Waals surface area contributed by atoms with E-state index in [1.54, 1.807) is 0 Å². The second-order valence-electron chi connectivity index (χ2n) is 3.78. The number of nitrogens with zero attached hydrogens (tertiary/aromatic N) is 1. The number of rotatable bonds is 1. The standard InChI is InChI=1S/C13H8FIN2/c14-13-6-9-5-11(17-12(9)7-16-13)8-1-3-10(15)4-2-8/h1-7,17H. The van der Waals surface area contributed by atoms with Crippen LogP contribution in [0, 0.1) is 9.52 Å². The van der Waals surface area contributed by atoms with Crippen molar-refractivity contribution in [3.05, 3.63) is 52.1 Å². The fourth-order valence-electron chi connectivity index (χ4n) is 1.79. The van der Waals surface area contributed by atoms with Crippen LogP contribution in [0.25, 0.3) is 22.2 Å². The quantitative estimate of drug-likeness (QED) is 0.528. The van der Waals surface area contributed by atoms with Gasteiger partial charge in [-0.1, -0.05) is 12.1 Å². The molecule has 0 fully saturated rings. The zero-order valence-corrected chi connectivity index (χ0v) is 10.9. The summed E-state index contributed by atoms with van der Waals surface area (Å²) in [7, 11) is 0. The first kappa shape index (κ1) is 10.7. The average molecular weight is 338 g/mol. The highest BCUT2D eigenvalue weighted by Crippen LogP contribution is 2.24. The van der Waals surface area contributed by atoms with Crippen LogP contribution in [0.3, 0.4) is 0 Å². The van der Waals surface area contributed by atoms with Gasteiger partial charge in [-0.25, -0.2) is 4.98 Å². The van der Waals surface area contributed by atoms with Gasteiger partial charge in [0.05, 0.1) is 11.7 Å². The lowest BCUT2D eigenvalue weighted by Crippen LogP contribution is -1.79. The Hall–Kier alpha value is -1.43. The molecular formula is C13H8FIN2. The first-order valence-corrected chi connectivity index (χ1v) is 6.20. The third-order valence-electron chi connectivity index (χ3n) is 2.63. The van der Waals surface area contributed by atoms with Gasteiger partial charge in [0.2, 0.25) is 5.95 Å². The SMILES string of the molecule is Fc1cc2cc(-c3ccc(I)cc3)[nH]c2cn1. The third-order valence-corrected chi connectivity index (χ3v) is 3.35. The summed E-state index contributed by atoms with van der Waals surface area (Å²) >= 11 is 2.26. The van der Waals surface area contributed by atoms with Gasteiger partial charge in [0.25, 0.3) is 0 Å². The smallest absolute Gasteiger partial charge is 0.213 e. The van der Waals surface area contributed by atoms with Crippen LogP contribution in [-0.2, 0) is 0 Å². The van der Waals surface area contributed by atoms with E-state index in [1.165, 1.54) is 15.8 Å². The van der Waals surface area contributed by atoms with E-state index in [4.69, 9.17) is 0 Å². The Bertz CT molecular complexity index is 673. The Morgan fingerprint density at radius 1 is 1.12 bits per heavy atom. The lowest BCUT2D eigenvalue weighted by molar-refractivity contribution is 0.586. The highest BCUT2D eigenvalue weighted by molar-refractivity contribution is 14.1. The first-order valence-electron chi connectivity index (χ1n) is 5.12. The third kappa shape index (κ3) is 2.04. The minimum atomic E-state index is -0.453. The van der Waals surface area contributed by atoms with Crippen molar-refractivity contribution in [2.75, 3.05) is 0 Å². The number of benzene rings is 1. The van der Waals surface area contributed by atoms with E-state index in [1.807, 2.05) is 30.3 Å². The van der Waals surface area contributed by atoms with Gasteiger partial charge >= 0.3 is 0 Å². The van der Waals surface area contributed by atoms with Crippen LogP contribution < -0.4 is 0 Å². The van der Waals surface area contributed by atoms with Gasteiger partial charge in [-0.3, -0.25) is 0 Å². The Kier molecular flexibility index (Phi) is 2.58. The molecule has 0 bridgehead atoms. The molecule has 4 heteroatoms. The highest BCUT2D eigenvalue weighted by atomic mass is 127. The number of aromatic nitrogens is 2. The number of nitrogens with one attached hydrogen (secondary N) is 1. The van der Waals surface area contributed by atoms with E-state index in [9.17, 15) is 4.39 Å². The zero-order valence-electron chi connectivity index (χ0n) is 8.74. The van der Waals surface area contributed by atoms with E-state index in [0.717, 1.165) is 22.2 Å². The predicted molar refractivity (Wildman–Crippen MR) is 74.2 cm³/mol. The van der Waals surface area contributed by atoms with Crippen molar-refractivity contribution in [3.63, 3.8) is 0 Å². The molecule has 84 valence electrons. The summed E-state index contributed by atoms with van der Waals surface area (Å²) in [6.45, 7) is 0. The van der Waals surface area contributed by atoms with Crippen LogP contribution >= 0.6 is 22.6 Å². The molecule has 0 aliphatic carbocycles. The minimum absolute atomic E-state index is 0.453. The molecule has 0 amide bonds. The van der Waals surface area contributed by atoms with Crippen molar-refractivity contribution < 1.29 is 4.39 Å². The fourth-order valence-corrected chi connectivity index (χ4v) is 2.15. The Labute approximate surface area is 111 Å². The molecule has 3 rings (SSSR count). The Morgan fingerprint density at radius 3 is 2.65 bits per heavy atom. The van der Waals surface area contributed by atoms with Gasteiger partial charge in [-0.2, -0.15) is 4.39 Å². The maximum absolute atomic E-state index is 13.0. The summed E-state index contributed by atoms with van der Waals surface area (Å²) in [5, 5.41) is 0.839. The van der Waals surface area contributed by atoms with Crippen molar-refractivity contribution in [3.8, 4) is 11.3 Å². The monoisotopic (exact) mass is 338 g/mol. The molecule has 1 N–H and O–H groups in total. The summed E-state index contributed by atoms with van der Waals surface area (Å²) in [6.07, 6.45) is 1.51. The van der Waals surface area contributed by atoms with Crippen LogP contribution in [0.5, 0.6) is 0 Å². The van der Waals surface area contributed by atoms with Gasteiger partial charge < -0.3 is 4.98 Å². The normalized spacial score (nSPS) is 10.9. The number of fused-ring (bicyclic) bond motifs is 1. The lowest BCUT2D eigenvalue weighted by Gasteiger charge is -1.97. The minimum Gasteiger partial charge on any atom is -0.353 e. The topological polar surface area (TPSA) is 28.7 Å². The van der Waals surface area contributed by atoms with Crippen LogP contribution in [0.4, 0.5) is 4.39 Å². The van der Waals surface area contributed by atoms with E-state index in [-0.39, 0.29) is 0 Å². The van der Waals surface area contributed by atoms with Crippen LogP contribution in [0.1, 0.15) is 0 Å². The van der Waals surface area contributed by atoms with Crippen molar-refractivity contribution in [2.45, 2.75) is 0 Å². The van der Waals surface area contributed by atoms with Crippen LogP contribution in [0.15, 0.2) is 42.6 Å². The van der Waals surface area contributed by atoms with Gasteiger partial charge in [0.1, 0.15) is 0 Å². The number of hydrogen-bond donors (Lipinski definition) is 1.